The highest BCUT2D eigenvalue weighted by Gasteiger charge is 2.44. The molecule has 4 rings (SSSR count). The van der Waals surface area contributed by atoms with E-state index in [2.05, 4.69) is 22.0 Å². The molecule has 4 nitrogen and oxygen atoms in total. The number of carbonyl (C=O) groups is 1. The average Bonchev–Trinajstić information content (AvgIpc) is 3.09. The summed E-state index contributed by atoms with van der Waals surface area (Å²) in [4.78, 5) is 20.5. The van der Waals surface area contributed by atoms with Crippen molar-refractivity contribution in [3.05, 3.63) is 45.4 Å². The third kappa shape index (κ3) is 2.95. The van der Waals surface area contributed by atoms with Gasteiger partial charge in [-0.1, -0.05) is 12.1 Å². The second-order valence-corrected chi connectivity index (χ2v) is 8.39. The molecule has 0 radical (unpaired) electrons. The first-order valence-corrected chi connectivity index (χ1v) is 9.79. The van der Waals surface area contributed by atoms with Crippen LogP contribution in [0.5, 0.6) is 5.75 Å². The zero-order valence-electron chi connectivity index (χ0n) is 15.0. The molecule has 2 aliphatic rings. The van der Waals surface area contributed by atoms with Crippen LogP contribution in [0.15, 0.2) is 24.3 Å². The highest BCUT2D eigenvalue weighted by molar-refractivity contribution is 7.13. The Morgan fingerprint density at radius 1 is 1.16 bits per heavy atom. The lowest BCUT2D eigenvalue weighted by molar-refractivity contribution is 0.0575. The minimum absolute atomic E-state index is 0.198. The van der Waals surface area contributed by atoms with E-state index in [1.807, 2.05) is 26.0 Å². The van der Waals surface area contributed by atoms with Crippen molar-refractivity contribution in [2.24, 2.45) is 0 Å². The second kappa shape index (κ2) is 6.45. The average molecular weight is 356 g/mol. The lowest BCUT2D eigenvalue weighted by Gasteiger charge is -2.39. The number of methoxy groups -OCH3 is 1. The Hall–Kier alpha value is -1.88. The monoisotopic (exact) mass is 356 g/mol. The molecule has 0 N–H and O–H groups in total. The standard InChI is InChI=1S/C20H24N2O2S/c1-12-19(25-13(2)21-12)20(23)22-16-6-7-17(22)11-15(10-16)14-4-8-18(24-3)9-5-14/h4-5,8-9,15-17H,6-7,10-11H2,1-3H3/t15?,16-,17+. The lowest BCUT2D eigenvalue weighted by atomic mass is 9.85. The van der Waals surface area contributed by atoms with E-state index in [-0.39, 0.29) is 5.91 Å². The molecule has 2 aliphatic heterocycles. The number of aryl methyl sites for hydroxylation is 2. The molecular formula is C20H24N2O2S. The summed E-state index contributed by atoms with van der Waals surface area (Å²) in [6, 6.07) is 9.16. The molecule has 2 aromatic rings. The van der Waals surface area contributed by atoms with Gasteiger partial charge in [0, 0.05) is 12.1 Å². The van der Waals surface area contributed by atoms with Gasteiger partial charge in [0.25, 0.3) is 5.91 Å². The highest BCUT2D eigenvalue weighted by atomic mass is 32.1. The first-order chi connectivity index (χ1) is 12.1. The molecule has 25 heavy (non-hydrogen) atoms. The number of ether oxygens (including phenoxy) is 1. The number of nitrogens with zero attached hydrogens (tertiary/aromatic N) is 2. The van der Waals surface area contributed by atoms with E-state index in [4.69, 9.17) is 4.74 Å². The van der Waals surface area contributed by atoms with Gasteiger partial charge in [-0.15, -0.1) is 11.3 Å². The molecule has 0 spiro atoms. The summed E-state index contributed by atoms with van der Waals surface area (Å²) < 4.78 is 5.26. The van der Waals surface area contributed by atoms with Crippen molar-refractivity contribution in [1.29, 1.82) is 0 Å². The third-order valence-electron chi connectivity index (χ3n) is 5.65. The Bertz CT molecular complexity index is 769. The summed E-state index contributed by atoms with van der Waals surface area (Å²) in [7, 11) is 1.70. The summed E-state index contributed by atoms with van der Waals surface area (Å²) in [6.07, 6.45) is 4.37. The van der Waals surface area contributed by atoms with Crippen molar-refractivity contribution in [3.8, 4) is 5.75 Å². The maximum atomic E-state index is 13.1. The smallest absolute Gasteiger partial charge is 0.266 e. The number of thiazole rings is 1. The van der Waals surface area contributed by atoms with E-state index in [1.54, 1.807) is 7.11 Å². The van der Waals surface area contributed by atoms with Crippen LogP contribution < -0.4 is 4.74 Å². The van der Waals surface area contributed by atoms with Crippen LogP contribution in [-0.2, 0) is 0 Å². The number of benzene rings is 1. The van der Waals surface area contributed by atoms with Gasteiger partial charge in [0.1, 0.15) is 10.6 Å². The SMILES string of the molecule is COc1ccc(C2C[C@H]3CC[C@@H](C2)N3C(=O)c2sc(C)nc2C)cc1. The Labute approximate surface area is 152 Å². The minimum atomic E-state index is 0.198. The number of aromatic nitrogens is 1. The third-order valence-corrected chi connectivity index (χ3v) is 6.71. The zero-order chi connectivity index (χ0) is 17.6. The van der Waals surface area contributed by atoms with Gasteiger partial charge in [-0.05, 0) is 63.1 Å². The molecule has 0 aliphatic carbocycles. The molecule has 132 valence electrons. The number of rotatable bonds is 3. The van der Waals surface area contributed by atoms with Crippen LogP contribution in [0.25, 0.3) is 0 Å². The molecule has 0 saturated carbocycles. The van der Waals surface area contributed by atoms with E-state index in [0.29, 0.717) is 18.0 Å². The fourth-order valence-electron chi connectivity index (χ4n) is 4.50. The maximum Gasteiger partial charge on any atom is 0.266 e. The summed E-state index contributed by atoms with van der Waals surface area (Å²) in [5.74, 6) is 1.64. The predicted octanol–water partition coefficient (Wildman–Crippen LogP) is 4.32. The van der Waals surface area contributed by atoms with Crippen molar-refractivity contribution in [1.82, 2.24) is 9.88 Å². The Morgan fingerprint density at radius 3 is 2.32 bits per heavy atom. The predicted molar refractivity (Wildman–Crippen MR) is 99.5 cm³/mol. The first-order valence-electron chi connectivity index (χ1n) is 8.97. The summed E-state index contributed by atoms with van der Waals surface area (Å²) >= 11 is 1.53. The van der Waals surface area contributed by atoms with E-state index < -0.39 is 0 Å². The van der Waals surface area contributed by atoms with Crippen LogP contribution in [0.1, 0.15) is 57.5 Å². The van der Waals surface area contributed by atoms with E-state index in [1.165, 1.54) is 16.9 Å². The van der Waals surface area contributed by atoms with Crippen LogP contribution in [0.3, 0.4) is 0 Å². The normalized spacial score (nSPS) is 25.2. The van der Waals surface area contributed by atoms with Gasteiger partial charge in [-0.25, -0.2) is 4.98 Å². The second-order valence-electron chi connectivity index (χ2n) is 7.19. The zero-order valence-corrected chi connectivity index (χ0v) is 15.8. The van der Waals surface area contributed by atoms with E-state index in [9.17, 15) is 4.79 Å². The molecule has 3 heterocycles. The molecule has 1 aromatic carbocycles. The van der Waals surface area contributed by atoms with Gasteiger partial charge >= 0.3 is 0 Å². The van der Waals surface area contributed by atoms with Crippen LogP contribution in [-0.4, -0.2) is 35.0 Å². The number of piperidine rings is 1. The van der Waals surface area contributed by atoms with E-state index >= 15 is 0 Å². The highest BCUT2D eigenvalue weighted by Crippen LogP contribution is 2.44. The van der Waals surface area contributed by atoms with Gasteiger partial charge in [0.15, 0.2) is 0 Å². The summed E-state index contributed by atoms with van der Waals surface area (Å²) in [5, 5.41) is 0.973. The summed E-state index contributed by atoms with van der Waals surface area (Å²) in [6.45, 7) is 3.92. The molecule has 1 unspecified atom stereocenters. The van der Waals surface area contributed by atoms with Crippen molar-refractivity contribution in [2.45, 2.75) is 57.5 Å². The molecule has 5 heteroatoms. The topological polar surface area (TPSA) is 42.4 Å². The largest absolute Gasteiger partial charge is 0.497 e. The molecular weight excluding hydrogens is 332 g/mol. The molecule has 2 fully saturated rings. The summed E-state index contributed by atoms with van der Waals surface area (Å²) in [5.41, 5.74) is 2.25. The first kappa shape index (κ1) is 16.6. The van der Waals surface area contributed by atoms with Crippen LogP contribution in [0, 0.1) is 13.8 Å². The van der Waals surface area contributed by atoms with Crippen molar-refractivity contribution in [2.75, 3.05) is 7.11 Å². The fourth-order valence-corrected chi connectivity index (χ4v) is 5.37. The quantitative estimate of drug-likeness (QED) is 0.822. The van der Waals surface area contributed by atoms with Crippen LogP contribution in [0.2, 0.25) is 0 Å². The number of hydrogen-bond acceptors (Lipinski definition) is 4. The van der Waals surface area contributed by atoms with Gasteiger partial charge in [-0.2, -0.15) is 0 Å². The molecule has 1 aromatic heterocycles. The van der Waals surface area contributed by atoms with Crippen LogP contribution >= 0.6 is 11.3 Å². The van der Waals surface area contributed by atoms with Crippen molar-refractivity contribution >= 4 is 17.2 Å². The number of fused-ring (bicyclic) bond motifs is 2. The number of amides is 1. The fraction of sp³-hybridized carbons (Fsp3) is 0.500. The minimum Gasteiger partial charge on any atom is -0.497 e. The molecule has 2 bridgehead atoms. The Kier molecular flexibility index (Phi) is 4.28. The number of carbonyl (C=O) groups excluding carboxylic acids is 1. The van der Waals surface area contributed by atoms with Crippen molar-refractivity contribution < 1.29 is 9.53 Å². The molecule has 3 atom stereocenters. The van der Waals surface area contributed by atoms with E-state index in [0.717, 1.165) is 47.0 Å². The maximum absolute atomic E-state index is 13.1. The molecule has 1 amide bonds. The van der Waals surface area contributed by atoms with Gasteiger partial charge < -0.3 is 9.64 Å². The lowest BCUT2D eigenvalue weighted by Crippen LogP contribution is -2.46. The number of hydrogen-bond donors (Lipinski definition) is 0. The van der Waals surface area contributed by atoms with Gasteiger partial charge in [-0.3, -0.25) is 4.79 Å². The van der Waals surface area contributed by atoms with Crippen molar-refractivity contribution in [3.63, 3.8) is 0 Å². The van der Waals surface area contributed by atoms with Gasteiger partial charge in [0.2, 0.25) is 0 Å². The Morgan fingerprint density at radius 2 is 1.80 bits per heavy atom. The molecule has 2 saturated heterocycles. The van der Waals surface area contributed by atoms with Gasteiger partial charge in [0.05, 0.1) is 17.8 Å². The van der Waals surface area contributed by atoms with Crippen LogP contribution in [0.4, 0.5) is 0 Å². The Balaban J connectivity index is 1.53.